The lowest BCUT2D eigenvalue weighted by molar-refractivity contribution is -0.143. The van der Waals surface area contributed by atoms with Crippen LogP contribution in [-0.2, 0) is 41.5 Å². The first kappa shape index (κ1) is 54.9. The van der Waals surface area contributed by atoms with Crippen molar-refractivity contribution in [2.75, 3.05) is 38.8 Å². The molecule has 0 saturated carbocycles. The summed E-state index contributed by atoms with van der Waals surface area (Å²) in [6.45, 7) is 13.5. The predicted octanol–water partition coefficient (Wildman–Crippen LogP) is 6.11. The van der Waals surface area contributed by atoms with Gasteiger partial charge in [0, 0.05) is 26.1 Å². The molecule has 4 saturated heterocycles. The maximum Gasteiger partial charge on any atom is 0.246 e. The third kappa shape index (κ3) is 11.9. The molecule has 12 atom stereocenters. The monoisotopic (exact) mass is 1060 g/mol. The van der Waals surface area contributed by atoms with Crippen molar-refractivity contribution in [3.8, 4) is 0 Å². The van der Waals surface area contributed by atoms with Crippen LogP contribution in [0.4, 0.5) is 0 Å². The van der Waals surface area contributed by atoms with E-state index in [1.54, 1.807) is 23.5 Å². The van der Waals surface area contributed by atoms with Gasteiger partial charge in [-0.3, -0.25) is 19.2 Å². The fourth-order valence-corrected chi connectivity index (χ4v) is 15.5. The molecule has 0 bridgehead atoms. The Morgan fingerprint density at radius 1 is 0.639 bits per heavy atom. The van der Waals surface area contributed by atoms with Crippen molar-refractivity contribution in [2.24, 2.45) is 10.8 Å². The minimum Gasteiger partial charge on any atom is -0.375 e. The lowest BCUT2D eigenvalue weighted by atomic mass is 9.83. The highest BCUT2D eigenvalue weighted by atomic mass is 32.2. The van der Waals surface area contributed by atoms with E-state index < -0.39 is 35.0 Å². The van der Waals surface area contributed by atoms with Gasteiger partial charge in [-0.1, -0.05) is 114 Å². The molecule has 0 radical (unpaired) electrons. The molecule has 72 heavy (non-hydrogen) atoms. The van der Waals surface area contributed by atoms with Gasteiger partial charge in [-0.25, -0.2) is 0 Å². The van der Waals surface area contributed by atoms with Crippen LogP contribution in [0.15, 0.2) is 48.5 Å². The van der Waals surface area contributed by atoms with Gasteiger partial charge in [0.1, 0.15) is 24.2 Å². The topological polar surface area (TPSA) is 165 Å². The summed E-state index contributed by atoms with van der Waals surface area (Å²) in [4.78, 5) is 62.8. The minimum absolute atomic E-state index is 0.0671. The number of benzene rings is 2. The van der Waals surface area contributed by atoms with Gasteiger partial charge < -0.3 is 51.2 Å². The maximum absolute atomic E-state index is 14.6. The van der Waals surface area contributed by atoms with E-state index in [4.69, 9.17) is 33.9 Å². The number of carbonyl (C=O) groups is 4. The van der Waals surface area contributed by atoms with Crippen molar-refractivity contribution in [2.45, 2.75) is 177 Å². The highest BCUT2D eigenvalue weighted by molar-refractivity contribution is 8.00. The first-order chi connectivity index (χ1) is 34.4. The normalized spacial score (nSPS) is 30.0. The van der Waals surface area contributed by atoms with E-state index in [9.17, 15) is 19.2 Å². The number of ether oxygens (including phenoxy) is 2. The summed E-state index contributed by atoms with van der Waals surface area (Å²) in [6.07, 6.45) is 7.35. The number of rotatable bonds is 19. The molecule has 0 aromatic heterocycles. The molecule has 2 unspecified atom stereocenters. The molecule has 6 N–H and O–H groups in total. The average molecular weight is 1060 g/mol. The SMILES string of the molecule is CNC(C)C(=S)N[C@H]1CCS[C@H]2CC(C)(C)[C@@H](C(=O)N[C@H]3c4ccccc4C[C@H]3OCCCCCCO[C@@H]3Cc4ccccc4[C@@H]3NC(=O)[C@H]3N4C(=O)[C@@H](NC(=S)C(C)NC)CCS[C@H]4CC3(C)C)N2C1=O. The maximum atomic E-state index is 14.6. The molecule has 6 aliphatic rings. The van der Waals surface area contributed by atoms with Crippen LogP contribution in [0.25, 0.3) is 0 Å². The van der Waals surface area contributed by atoms with Crippen molar-refractivity contribution >= 4 is 81.6 Å². The Morgan fingerprint density at radius 3 is 1.42 bits per heavy atom. The van der Waals surface area contributed by atoms with Crippen LogP contribution in [0, 0.1) is 10.8 Å². The van der Waals surface area contributed by atoms with Gasteiger partial charge in [0.2, 0.25) is 23.6 Å². The number of amides is 4. The van der Waals surface area contributed by atoms with Gasteiger partial charge in [-0.15, -0.1) is 23.5 Å². The highest BCUT2D eigenvalue weighted by Crippen LogP contribution is 2.48. The number of hydrogen-bond donors (Lipinski definition) is 6. The zero-order valence-electron chi connectivity index (χ0n) is 43.4. The second kappa shape index (κ2) is 23.7. The Kier molecular flexibility index (Phi) is 18.0. The second-order valence-electron chi connectivity index (χ2n) is 22.1. The molecule has 394 valence electrons. The zero-order valence-corrected chi connectivity index (χ0v) is 46.7. The van der Waals surface area contributed by atoms with E-state index in [-0.39, 0.29) is 70.8 Å². The van der Waals surface area contributed by atoms with Gasteiger partial charge in [0.15, 0.2) is 0 Å². The summed E-state index contributed by atoms with van der Waals surface area (Å²) < 4.78 is 13.3. The average Bonchev–Trinajstić information content (AvgIpc) is 3.99. The van der Waals surface area contributed by atoms with Crippen molar-refractivity contribution in [3.05, 3.63) is 70.8 Å². The van der Waals surface area contributed by atoms with Crippen LogP contribution in [0.1, 0.15) is 127 Å². The molecule has 4 heterocycles. The number of thioether (sulfide) groups is 2. The van der Waals surface area contributed by atoms with Crippen molar-refractivity contribution in [1.29, 1.82) is 0 Å². The fraction of sp³-hybridized carbons (Fsp3) is 0.667. The predicted molar refractivity (Wildman–Crippen MR) is 296 cm³/mol. The van der Waals surface area contributed by atoms with Gasteiger partial charge in [0.05, 0.1) is 57.1 Å². The zero-order chi connectivity index (χ0) is 51.5. The van der Waals surface area contributed by atoms with Gasteiger partial charge in [0.25, 0.3) is 0 Å². The lowest BCUT2D eigenvalue weighted by Crippen LogP contribution is -2.58. The molecule has 14 nitrogen and oxygen atoms in total. The summed E-state index contributed by atoms with van der Waals surface area (Å²) in [5.74, 6) is 1.18. The molecule has 8 rings (SSSR count). The van der Waals surface area contributed by atoms with Crippen LogP contribution in [-0.4, -0.2) is 141 Å². The van der Waals surface area contributed by atoms with Crippen molar-refractivity contribution in [1.82, 2.24) is 41.7 Å². The third-order valence-corrected chi connectivity index (χ3v) is 19.5. The third-order valence-electron chi connectivity index (χ3n) is 16.0. The molecule has 2 aliphatic carbocycles. The largest absolute Gasteiger partial charge is 0.375 e. The Bertz CT molecular complexity index is 2160. The van der Waals surface area contributed by atoms with Crippen molar-refractivity contribution in [3.63, 3.8) is 0 Å². The number of hydrogen-bond acceptors (Lipinski definition) is 12. The number of carbonyl (C=O) groups excluding carboxylic acids is 4. The quantitative estimate of drug-likeness (QED) is 0.0706. The van der Waals surface area contributed by atoms with Crippen LogP contribution in [0.5, 0.6) is 0 Å². The number of fused-ring (bicyclic) bond motifs is 4. The minimum atomic E-state index is -0.634. The first-order valence-electron chi connectivity index (χ1n) is 26.3. The van der Waals surface area contributed by atoms with E-state index in [0.717, 1.165) is 61.2 Å². The Labute approximate surface area is 446 Å². The van der Waals surface area contributed by atoms with Crippen LogP contribution < -0.4 is 31.9 Å². The highest BCUT2D eigenvalue weighted by Gasteiger charge is 2.57. The first-order valence-corrected chi connectivity index (χ1v) is 29.2. The molecule has 0 spiro atoms. The van der Waals surface area contributed by atoms with E-state index in [0.29, 0.717) is 48.9 Å². The molecule has 2 aromatic rings. The van der Waals surface area contributed by atoms with E-state index in [1.165, 1.54) is 11.1 Å². The van der Waals surface area contributed by atoms with Crippen LogP contribution in [0.3, 0.4) is 0 Å². The number of likely N-dealkylation sites (N-methyl/N-ethyl adjacent to an activating group) is 2. The van der Waals surface area contributed by atoms with E-state index >= 15 is 0 Å². The van der Waals surface area contributed by atoms with Gasteiger partial charge >= 0.3 is 0 Å². The molecule has 4 fully saturated rings. The molecule has 18 heteroatoms. The summed E-state index contributed by atoms with van der Waals surface area (Å²) in [6, 6.07) is 13.4. The standard InChI is InChI=1S/C54H78N8O6S4/c1-31(55-7)49(69)57-37-21-25-71-41-29-53(3,4)45(61(41)51(37)65)47(63)59-43-35-19-13-11-17-33(35)27-39(43)67-23-15-9-10-16-24-68-40-28-34-18-12-14-20-36(34)44(40)60-48(64)46-54(5,6)30-42-62(46)52(66)38(22-26-72-42)58-50(70)32(2)56-8/h11-14,17-20,31-32,37-46,55-56H,9-10,15-16,21-30H2,1-8H3,(H,57,69)(H,58,70)(H,59,63)(H,60,64)/t31?,32?,37-,38-,39+,40+,41-,42-,43-,44-,45+,46+/m0/s1. The molecule has 4 amide bonds. The number of thiocarbonyl (C=S) groups is 2. The number of nitrogens with zero attached hydrogens (tertiary/aromatic N) is 2. The lowest BCUT2D eigenvalue weighted by Gasteiger charge is -2.35. The fourth-order valence-electron chi connectivity index (χ4n) is 11.8. The van der Waals surface area contributed by atoms with Crippen molar-refractivity contribution < 1.29 is 28.7 Å². The Morgan fingerprint density at radius 2 is 1.03 bits per heavy atom. The van der Waals surface area contributed by atoms with E-state index in [1.807, 2.05) is 62.0 Å². The van der Waals surface area contributed by atoms with Crippen LogP contribution in [0.2, 0.25) is 0 Å². The Balaban J connectivity index is 0.836. The molecule has 4 aliphatic heterocycles. The summed E-state index contributed by atoms with van der Waals surface area (Å²) in [5.41, 5.74) is 3.61. The summed E-state index contributed by atoms with van der Waals surface area (Å²) >= 11 is 14.8. The van der Waals surface area contributed by atoms with E-state index in [2.05, 4.69) is 83.9 Å². The van der Waals surface area contributed by atoms with Gasteiger partial charge in [-0.2, -0.15) is 0 Å². The summed E-state index contributed by atoms with van der Waals surface area (Å²) in [7, 11) is 3.69. The second-order valence-corrected chi connectivity index (χ2v) is 25.5. The number of nitrogens with one attached hydrogen (secondary N) is 6. The van der Waals surface area contributed by atoms with Crippen LogP contribution >= 0.6 is 48.0 Å². The van der Waals surface area contributed by atoms with Gasteiger partial charge in [-0.05, 0) is 111 Å². The molecular weight excluding hydrogens is 985 g/mol. The molecule has 2 aromatic carbocycles. The number of unbranched alkanes of at least 4 members (excludes halogenated alkanes) is 3. The molecular formula is C54H78N8O6S4. The Hall–Kier alpha value is -3.36. The smallest absolute Gasteiger partial charge is 0.246 e. The summed E-state index contributed by atoms with van der Waals surface area (Å²) in [5, 5.41) is 19.6.